The van der Waals surface area contributed by atoms with E-state index in [9.17, 15) is 0 Å². The molecule has 0 unspecified atom stereocenters. The zero-order valence-corrected chi connectivity index (χ0v) is 14.6. The molecule has 2 aliphatic rings. The van der Waals surface area contributed by atoms with Gasteiger partial charge in [0.1, 0.15) is 0 Å². The summed E-state index contributed by atoms with van der Waals surface area (Å²) in [4.78, 5) is 0. The smallest absolute Gasteiger partial charge is 1.00 e. The molecule has 0 spiro atoms. The summed E-state index contributed by atoms with van der Waals surface area (Å²) in [5.74, 6) is 0. The van der Waals surface area contributed by atoms with E-state index in [1.54, 1.807) is 11.6 Å². The molecule has 98 valence electrons. The minimum atomic E-state index is -1.26. The van der Waals surface area contributed by atoms with Crippen molar-refractivity contribution in [1.82, 2.24) is 0 Å². The van der Waals surface area contributed by atoms with Crippen molar-refractivity contribution in [3.05, 3.63) is 43.2 Å². The quantitative estimate of drug-likeness (QED) is 0.532. The fourth-order valence-corrected chi connectivity index (χ4v) is 7.29. The van der Waals surface area contributed by atoms with Crippen LogP contribution >= 0.6 is 0 Å². The van der Waals surface area contributed by atoms with Crippen LogP contribution in [0.4, 0.5) is 0 Å². The van der Waals surface area contributed by atoms with Gasteiger partial charge in [-0.1, -0.05) is 0 Å². The second-order valence-corrected chi connectivity index (χ2v) is 9.76. The van der Waals surface area contributed by atoms with E-state index in [-0.39, 0.29) is 24.8 Å². The first-order valence-corrected chi connectivity index (χ1v) is 8.35. The summed E-state index contributed by atoms with van der Waals surface area (Å²) in [5, 5.41) is 0. The molecule has 0 radical (unpaired) electrons. The molecule has 18 heavy (non-hydrogen) atoms. The third-order valence-corrected chi connectivity index (χ3v) is 7.89. The molecule has 0 aromatic heterocycles. The maximum atomic E-state index is 2.44. The fraction of sp³-hybridized carbons (Fsp3) is 0.400. The minimum Gasteiger partial charge on any atom is -1.00 e. The molecule has 0 nitrogen and oxygen atoms in total. The zero-order chi connectivity index (χ0) is 11.7. The maximum absolute atomic E-state index is 2.44. The molecule has 0 saturated heterocycles. The van der Waals surface area contributed by atoms with Crippen molar-refractivity contribution in [2.45, 2.75) is 40.5 Å². The van der Waals surface area contributed by atoms with Crippen LogP contribution in [0.1, 0.15) is 40.5 Å². The summed E-state index contributed by atoms with van der Waals surface area (Å²) in [6.45, 7) is 9.11. The Hall–Kier alpha value is 0.124. The van der Waals surface area contributed by atoms with E-state index in [4.69, 9.17) is 0 Å². The summed E-state index contributed by atoms with van der Waals surface area (Å²) in [5.41, 5.74) is 2.93. The van der Waals surface area contributed by atoms with Gasteiger partial charge in [0.05, 0.1) is 0 Å². The normalized spacial score (nSPS) is 16.4. The molecule has 0 heterocycles. The minimum absolute atomic E-state index is 0. The third-order valence-electron chi connectivity index (χ3n) is 3.23. The summed E-state index contributed by atoms with van der Waals surface area (Å²) in [6, 6.07) is 0. The van der Waals surface area contributed by atoms with Crippen LogP contribution in [0.15, 0.2) is 43.2 Å². The Kier molecular flexibility index (Phi) is 7.70. The molecule has 0 atom stereocenters. The Morgan fingerprint density at radius 2 is 1.28 bits per heavy atom. The van der Waals surface area contributed by atoms with Crippen molar-refractivity contribution in [1.29, 1.82) is 0 Å². The molecule has 2 aliphatic carbocycles. The van der Waals surface area contributed by atoms with Crippen molar-refractivity contribution in [2.24, 2.45) is 0 Å². The third kappa shape index (κ3) is 4.06. The van der Waals surface area contributed by atoms with Gasteiger partial charge in [0.2, 0.25) is 0 Å². The maximum Gasteiger partial charge on any atom is -1.00 e. The Bertz CT molecular complexity index is 435. The second kappa shape index (κ2) is 7.65. The number of hydrogen-bond donors (Lipinski definition) is 0. The van der Waals surface area contributed by atoms with Crippen molar-refractivity contribution in [3.8, 4) is 0 Å². The number of rotatable bonds is 2. The first kappa shape index (κ1) is 18.1. The first-order chi connectivity index (χ1) is 7.58. The molecule has 0 bridgehead atoms. The zero-order valence-electron chi connectivity index (χ0n) is 11.5. The van der Waals surface area contributed by atoms with Gasteiger partial charge in [0.15, 0.2) is 0 Å². The molecule has 0 N–H and O–H groups in total. The van der Waals surface area contributed by atoms with Crippen molar-refractivity contribution in [3.63, 3.8) is 0 Å². The van der Waals surface area contributed by atoms with Crippen LogP contribution in [-0.4, -0.2) is 3.81 Å². The average molecular weight is 319 g/mol. The summed E-state index contributed by atoms with van der Waals surface area (Å²) in [6.07, 6.45) is 12.1. The SMILES string of the molecule is CC1=CC[C]([Ti+2]([C]2=CC(C)=CC2)=[C](C)C)=C1.[Cl-].[Cl-]. The van der Waals surface area contributed by atoms with Crippen molar-refractivity contribution in [2.75, 3.05) is 0 Å². The van der Waals surface area contributed by atoms with Gasteiger partial charge in [-0.15, -0.1) is 0 Å². The van der Waals surface area contributed by atoms with E-state index >= 15 is 0 Å². The van der Waals surface area contributed by atoms with Gasteiger partial charge in [0.25, 0.3) is 0 Å². The van der Waals surface area contributed by atoms with Crippen LogP contribution in [0.5, 0.6) is 0 Å². The summed E-state index contributed by atoms with van der Waals surface area (Å²) >= 11 is -1.26. The van der Waals surface area contributed by atoms with E-state index < -0.39 is 17.4 Å². The van der Waals surface area contributed by atoms with Gasteiger partial charge >= 0.3 is 105 Å². The van der Waals surface area contributed by atoms with Gasteiger partial charge in [0, 0.05) is 0 Å². The topological polar surface area (TPSA) is 0 Å². The van der Waals surface area contributed by atoms with Gasteiger partial charge in [-0.3, -0.25) is 0 Å². The molecule has 0 aromatic carbocycles. The van der Waals surface area contributed by atoms with Crippen LogP contribution in [0.3, 0.4) is 0 Å². The van der Waals surface area contributed by atoms with Crippen LogP contribution in [0, 0.1) is 0 Å². The van der Waals surface area contributed by atoms with Crippen molar-refractivity contribution >= 4 is 3.81 Å². The Labute approximate surface area is 129 Å². The molecule has 0 amide bonds. The first-order valence-electron chi connectivity index (χ1n) is 6.01. The van der Waals surface area contributed by atoms with Crippen LogP contribution in [0.2, 0.25) is 0 Å². The largest absolute Gasteiger partial charge is 1.00 e. The molecule has 0 aromatic rings. The molecule has 0 saturated carbocycles. The van der Waals surface area contributed by atoms with E-state index in [1.165, 1.54) is 24.0 Å². The van der Waals surface area contributed by atoms with Gasteiger partial charge < -0.3 is 24.8 Å². The van der Waals surface area contributed by atoms with E-state index in [0.29, 0.717) is 0 Å². The molecular weight excluding hydrogens is 299 g/mol. The monoisotopic (exact) mass is 318 g/mol. The molecule has 2 rings (SSSR count). The molecule has 0 fully saturated rings. The van der Waals surface area contributed by atoms with Crippen LogP contribution in [0.25, 0.3) is 0 Å². The van der Waals surface area contributed by atoms with Gasteiger partial charge in [-0.05, 0) is 0 Å². The van der Waals surface area contributed by atoms with E-state index in [1.807, 2.05) is 0 Å². The number of allylic oxidation sites excluding steroid dienone is 8. The summed E-state index contributed by atoms with van der Waals surface area (Å²) < 4.78 is 5.17. The van der Waals surface area contributed by atoms with Crippen LogP contribution < -0.4 is 24.8 Å². The van der Waals surface area contributed by atoms with Gasteiger partial charge in [-0.25, -0.2) is 0 Å². The molecular formula is C15H20Cl2Ti. The van der Waals surface area contributed by atoms with E-state index in [2.05, 4.69) is 52.0 Å². The van der Waals surface area contributed by atoms with Crippen LogP contribution in [-0.2, 0) is 17.4 Å². The van der Waals surface area contributed by atoms with Crippen molar-refractivity contribution < 1.29 is 42.2 Å². The summed E-state index contributed by atoms with van der Waals surface area (Å²) in [7, 11) is 0. The Morgan fingerprint density at radius 1 is 0.889 bits per heavy atom. The number of hydrogen-bond acceptors (Lipinski definition) is 0. The Balaban J connectivity index is 0.00000144. The predicted octanol–water partition coefficient (Wildman–Crippen LogP) is -1.71. The molecule has 0 aliphatic heterocycles. The number of halogens is 2. The Morgan fingerprint density at radius 3 is 1.50 bits per heavy atom. The van der Waals surface area contributed by atoms with Gasteiger partial charge in [-0.2, -0.15) is 0 Å². The standard InChI is InChI=1S/2C6H7.C3H6.2ClH.Ti/c2*1-6-4-2-3-5-6;1-3-2;;;/h2*4-5H,2H2,1H3;1-2H3;2*1H;/q;;;;;+2/p-2. The molecule has 3 heteroatoms. The average Bonchev–Trinajstić information content (AvgIpc) is 2.76. The second-order valence-electron chi connectivity index (χ2n) is 5.02. The fourth-order valence-electron chi connectivity index (χ4n) is 2.52. The predicted molar refractivity (Wildman–Crippen MR) is 69.3 cm³/mol. The van der Waals surface area contributed by atoms with E-state index in [0.717, 1.165) is 0 Å².